The molecular weight excluding hydrogens is 432 g/mol. The van der Waals surface area contributed by atoms with Gasteiger partial charge in [-0.05, 0) is 24.1 Å². The molecule has 3 aliphatic rings. The summed E-state index contributed by atoms with van der Waals surface area (Å²) in [5, 5.41) is 6.56. The highest BCUT2D eigenvalue weighted by Crippen LogP contribution is 2.53. The van der Waals surface area contributed by atoms with Gasteiger partial charge in [-0.1, -0.05) is 48.0 Å². The summed E-state index contributed by atoms with van der Waals surface area (Å²) >= 11 is 6.27. The smallest absolute Gasteiger partial charge is 0.250 e. The molecule has 3 aliphatic heterocycles. The Morgan fingerprint density at radius 3 is 2.53 bits per heavy atom. The number of benzene rings is 2. The van der Waals surface area contributed by atoms with E-state index >= 15 is 0 Å². The number of primary amides is 1. The number of fused-ring (bicyclic) bond motifs is 4. The molecule has 0 aromatic heterocycles. The van der Waals surface area contributed by atoms with Crippen LogP contribution in [0.15, 0.2) is 48.5 Å². The van der Waals surface area contributed by atoms with Crippen LogP contribution in [-0.4, -0.2) is 34.6 Å². The Hall–Kier alpha value is -3.23. The number of nitrogens with zero attached hydrogens (tertiary/aromatic N) is 1. The van der Waals surface area contributed by atoms with Crippen LogP contribution in [0.25, 0.3) is 0 Å². The minimum Gasteiger partial charge on any atom is -0.370 e. The van der Waals surface area contributed by atoms with Crippen LogP contribution in [-0.2, 0) is 31.3 Å². The summed E-state index contributed by atoms with van der Waals surface area (Å²) in [6, 6.07) is 13.6. The van der Waals surface area contributed by atoms with Gasteiger partial charge in [0.1, 0.15) is 5.54 Å². The molecule has 0 bridgehead atoms. The van der Waals surface area contributed by atoms with Crippen LogP contribution in [0.1, 0.15) is 24.0 Å². The first-order chi connectivity index (χ1) is 15.3. The highest BCUT2D eigenvalue weighted by Gasteiger charge is 2.70. The monoisotopic (exact) mass is 452 g/mol. The minimum atomic E-state index is -1.38. The summed E-state index contributed by atoms with van der Waals surface area (Å²) in [6.45, 7) is 0.0201. The number of hydrogen-bond acceptors (Lipinski definition) is 5. The number of nitrogens with two attached hydrogens (primary N) is 1. The van der Waals surface area contributed by atoms with Crippen molar-refractivity contribution in [1.82, 2.24) is 10.2 Å². The lowest BCUT2D eigenvalue weighted by Crippen LogP contribution is -2.53. The summed E-state index contributed by atoms with van der Waals surface area (Å²) in [5.74, 6) is -3.42. The molecule has 5 rings (SSSR count). The summed E-state index contributed by atoms with van der Waals surface area (Å²) in [5.41, 5.74) is 5.83. The predicted octanol–water partition coefficient (Wildman–Crippen LogP) is 1.53. The van der Waals surface area contributed by atoms with Gasteiger partial charge in [-0.25, -0.2) is 0 Å². The Balaban J connectivity index is 1.58. The summed E-state index contributed by atoms with van der Waals surface area (Å²) < 4.78 is 0. The van der Waals surface area contributed by atoms with Crippen molar-refractivity contribution >= 4 is 40.9 Å². The summed E-state index contributed by atoms with van der Waals surface area (Å²) in [7, 11) is 0. The number of rotatable bonds is 5. The Morgan fingerprint density at radius 2 is 1.78 bits per heavy atom. The summed E-state index contributed by atoms with van der Waals surface area (Å²) in [4.78, 5) is 53.1. The van der Waals surface area contributed by atoms with Gasteiger partial charge in [0.15, 0.2) is 0 Å². The van der Waals surface area contributed by atoms with Gasteiger partial charge in [0, 0.05) is 28.7 Å². The largest absolute Gasteiger partial charge is 0.370 e. The van der Waals surface area contributed by atoms with Crippen molar-refractivity contribution in [3.63, 3.8) is 0 Å². The van der Waals surface area contributed by atoms with Crippen molar-refractivity contribution in [2.24, 2.45) is 17.6 Å². The predicted molar refractivity (Wildman–Crippen MR) is 116 cm³/mol. The summed E-state index contributed by atoms with van der Waals surface area (Å²) in [6.07, 6.45) is 0.277. The van der Waals surface area contributed by atoms with E-state index in [-0.39, 0.29) is 31.2 Å². The van der Waals surface area contributed by atoms with Crippen LogP contribution in [0.5, 0.6) is 0 Å². The highest BCUT2D eigenvalue weighted by molar-refractivity contribution is 6.31. The number of imide groups is 1. The number of hydrogen-bond donors (Lipinski definition) is 3. The number of halogens is 1. The number of carbonyl (C=O) groups is 4. The average Bonchev–Trinajstić information content (AvgIpc) is 3.34. The molecule has 32 heavy (non-hydrogen) atoms. The molecule has 4 N–H and O–H groups in total. The number of likely N-dealkylation sites (tertiary alicyclic amines) is 1. The third kappa shape index (κ3) is 2.87. The van der Waals surface area contributed by atoms with Gasteiger partial charge in [-0.2, -0.15) is 0 Å². The van der Waals surface area contributed by atoms with E-state index in [2.05, 4.69) is 10.6 Å². The van der Waals surface area contributed by atoms with Crippen molar-refractivity contribution in [1.29, 1.82) is 0 Å². The fraction of sp³-hybridized carbons (Fsp3) is 0.304. The van der Waals surface area contributed by atoms with E-state index < -0.39 is 35.2 Å². The first-order valence-electron chi connectivity index (χ1n) is 10.4. The van der Waals surface area contributed by atoms with Gasteiger partial charge in [0.05, 0.1) is 18.4 Å². The lowest BCUT2D eigenvalue weighted by molar-refractivity contribution is -0.143. The van der Waals surface area contributed by atoms with Crippen LogP contribution in [0.2, 0.25) is 5.02 Å². The second-order valence-corrected chi connectivity index (χ2v) is 8.83. The number of carbonyl (C=O) groups excluding carboxylic acids is 4. The van der Waals surface area contributed by atoms with E-state index in [0.29, 0.717) is 21.8 Å². The van der Waals surface area contributed by atoms with Crippen LogP contribution in [0.4, 0.5) is 5.69 Å². The van der Waals surface area contributed by atoms with Gasteiger partial charge in [0.2, 0.25) is 23.6 Å². The molecule has 164 valence electrons. The van der Waals surface area contributed by atoms with E-state index in [1.54, 1.807) is 48.5 Å². The number of anilines is 1. The van der Waals surface area contributed by atoms with Gasteiger partial charge in [0.25, 0.3) is 0 Å². The quantitative estimate of drug-likeness (QED) is 0.594. The molecule has 8 nitrogen and oxygen atoms in total. The van der Waals surface area contributed by atoms with Crippen LogP contribution in [0.3, 0.4) is 0 Å². The van der Waals surface area contributed by atoms with Crippen LogP contribution in [0, 0.1) is 11.8 Å². The Morgan fingerprint density at radius 1 is 1.06 bits per heavy atom. The molecule has 0 saturated carbocycles. The zero-order valence-electron chi connectivity index (χ0n) is 17.0. The second kappa shape index (κ2) is 7.43. The number of amides is 4. The maximum Gasteiger partial charge on any atom is 0.250 e. The maximum atomic E-state index is 13.7. The van der Waals surface area contributed by atoms with Crippen LogP contribution < -0.4 is 16.4 Å². The Kier molecular flexibility index (Phi) is 4.79. The number of para-hydroxylation sites is 1. The molecule has 0 aliphatic carbocycles. The normalized spacial score (nSPS) is 28.2. The fourth-order valence-corrected chi connectivity index (χ4v) is 5.51. The van der Waals surface area contributed by atoms with E-state index in [0.717, 1.165) is 0 Å². The molecule has 0 radical (unpaired) electrons. The van der Waals surface area contributed by atoms with Crippen molar-refractivity contribution < 1.29 is 19.2 Å². The molecule has 2 fully saturated rings. The molecule has 9 heteroatoms. The maximum absolute atomic E-state index is 13.7. The molecule has 4 amide bonds. The third-order valence-corrected chi connectivity index (χ3v) is 7.07. The molecule has 1 spiro atoms. The van der Waals surface area contributed by atoms with Crippen LogP contribution >= 0.6 is 11.6 Å². The first kappa shape index (κ1) is 20.7. The minimum absolute atomic E-state index is 0.0201. The van der Waals surface area contributed by atoms with Crippen molar-refractivity contribution in [2.75, 3.05) is 5.32 Å². The highest BCUT2D eigenvalue weighted by atomic mass is 35.5. The Labute approximate surface area is 189 Å². The van der Waals surface area contributed by atoms with Crippen molar-refractivity contribution in [3.05, 3.63) is 64.7 Å². The molecule has 3 heterocycles. The van der Waals surface area contributed by atoms with Crippen molar-refractivity contribution in [3.8, 4) is 0 Å². The van der Waals surface area contributed by atoms with Gasteiger partial charge < -0.3 is 11.1 Å². The zero-order chi connectivity index (χ0) is 22.6. The molecular formula is C23H21ClN4O4. The molecule has 2 aromatic carbocycles. The van der Waals surface area contributed by atoms with E-state index in [4.69, 9.17) is 17.3 Å². The number of nitrogens with one attached hydrogen (secondary N) is 2. The van der Waals surface area contributed by atoms with Crippen molar-refractivity contribution in [2.45, 2.75) is 31.0 Å². The second-order valence-electron chi connectivity index (χ2n) is 8.42. The average molecular weight is 453 g/mol. The lowest BCUT2D eigenvalue weighted by Gasteiger charge is -2.29. The van der Waals surface area contributed by atoms with Gasteiger partial charge in [-0.3, -0.25) is 29.4 Å². The van der Waals surface area contributed by atoms with E-state index in [9.17, 15) is 19.2 Å². The molecule has 2 aromatic rings. The van der Waals surface area contributed by atoms with Gasteiger partial charge >= 0.3 is 0 Å². The fourth-order valence-electron chi connectivity index (χ4n) is 5.32. The first-order valence-corrected chi connectivity index (χ1v) is 10.8. The SMILES string of the molecule is NC(=O)CC[C@@H]1N[C@]2(C(=O)Nc3ccccc32)[C@@H]2C(=O)N(Cc3ccccc3Cl)C(=O)[C@H]12. The molecule has 4 atom stereocenters. The third-order valence-electron chi connectivity index (χ3n) is 6.70. The zero-order valence-corrected chi connectivity index (χ0v) is 17.8. The van der Waals surface area contributed by atoms with E-state index in [1.807, 2.05) is 0 Å². The molecule has 0 unspecified atom stereocenters. The van der Waals surface area contributed by atoms with E-state index in [1.165, 1.54) is 4.90 Å². The molecule has 2 saturated heterocycles. The Bertz CT molecular complexity index is 1170. The standard InChI is InChI=1S/C23H21ClN4O4/c24-14-7-3-1-5-12(14)11-28-20(30)18-16(9-10-17(25)29)27-23(19(18)21(28)31)13-6-2-4-8-15(13)26-22(23)32/h1-8,16,18-19,27H,9-11H2,(H2,25,29)(H,26,32)/t16-,18+,19-,23-/m0/s1. The topological polar surface area (TPSA) is 122 Å². The lowest BCUT2D eigenvalue weighted by atomic mass is 9.76. The van der Waals surface area contributed by atoms with Gasteiger partial charge in [-0.15, -0.1) is 0 Å².